The first-order valence-electron chi connectivity index (χ1n) is 9.59. The molecule has 0 aliphatic carbocycles. The average molecular weight is 387 g/mol. The van der Waals surface area contributed by atoms with Gasteiger partial charge in [-0.3, -0.25) is 9.69 Å². The second kappa shape index (κ2) is 9.77. The number of carbonyl (C=O) groups is 1. The summed E-state index contributed by atoms with van der Waals surface area (Å²) in [6.45, 7) is 2.70. The van der Waals surface area contributed by atoms with E-state index in [4.69, 9.17) is 16.3 Å². The summed E-state index contributed by atoms with van der Waals surface area (Å²) in [6.07, 6.45) is 4.97. The number of hydrogen-bond donors (Lipinski definition) is 1. The Morgan fingerprint density at radius 3 is 2.26 bits per heavy atom. The van der Waals surface area contributed by atoms with Crippen molar-refractivity contribution in [1.29, 1.82) is 0 Å². The van der Waals surface area contributed by atoms with Crippen LogP contribution < -0.4 is 10.1 Å². The second-order valence-corrected chi connectivity index (χ2v) is 7.39. The summed E-state index contributed by atoms with van der Waals surface area (Å²) in [5.74, 6) is 0.776. The number of ether oxygens (including phenoxy) is 1. The quantitative estimate of drug-likeness (QED) is 0.782. The number of rotatable bonds is 6. The van der Waals surface area contributed by atoms with Crippen molar-refractivity contribution in [2.75, 3.05) is 26.7 Å². The zero-order valence-electron chi connectivity index (χ0n) is 15.8. The largest absolute Gasteiger partial charge is 0.497 e. The van der Waals surface area contributed by atoms with Gasteiger partial charge in [-0.05, 0) is 67.9 Å². The van der Waals surface area contributed by atoms with Gasteiger partial charge in [0, 0.05) is 17.1 Å². The summed E-state index contributed by atoms with van der Waals surface area (Å²) in [6, 6.07) is 15.3. The van der Waals surface area contributed by atoms with E-state index in [-0.39, 0.29) is 11.9 Å². The smallest absolute Gasteiger partial charge is 0.251 e. The van der Waals surface area contributed by atoms with Gasteiger partial charge in [-0.1, -0.05) is 36.6 Å². The molecule has 1 aliphatic heterocycles. The maximum Gasteiger partial charge on any atom is 0.251 e. The summed E-state index contributed by atoms with van der Waals surface area (Å²) < 4.78 is 5.29. The third-order valence-electron chi connectivity index (χ3n) is 5.14. The van der Waals surface area contributed by atoms with Crippen LogP contribution in [0, 0.1) is 0 Å². The molecule has 1 fully saturated rings. The monoisotopic (exact) mass is 386 g/mol. The lowest BCUT2D eigenvalue weighted by Crippen LogP contribution is -2.38. The lowest BCUT2D eigenvalue weighted by molar-refractivity contribution is 0.0933. The van der Waals surface area contributed by atoms with Crippen LogP contribution in [-0.4, -0.2) is 37.6 Å². The maximum atomic E-state index is 12.6. The molecule has 0 spiro atoms. The van der Waals surface area contributed by atoms with Crippen molar-refractivity contribution >= 4 is 17.5 Å². The van der Waals surface area contributed by atoms with Gasteiger partial charge in [0.2, 0.25) is 0 Å². The predicted molar refractivity (Wildman–Crippen MR) is 110 cm³/mol. The number of nitrogens with zero attached hydrogens (tertiary/aromatic N) is 1. The number of methoxy groups -OCH3 is 1. The molecule has 2 aromatic rings. The van der Waals surface area contributed by atoms with Gasteiger partial charge < -0.3 is 10.1 Å². The topological polar surface area (TPSA) is 41.6 Å². The molecule has 4 nitrogen and oxygen atoms in total. The van der Waals surface area contributed by atoms with Crippen molar-refractivity contribution in [3.63, 3.8) is 0 Å². The van der Waals surface area contributed by atoms with E-state index in [1.165, 1.54) is 31.2 Å². The number of benzene rings is 2. The first-order chi connectivity index (χ1) is 13.2. The Morgan fingerprint density at radius 1 is 1.04 bits per heavy atom. The molecule has 0 radical (unpaired) electrons. The molecule has 3 rings (SSSR count). The highest BCUT2D eigenvalue weighted by atomic mass is 35.5. The predicted octanol–water partition coefficient (Wildman–Crippen LogP) is 4.70. The molecule has 1 atom stereocenters. The molecular weight excluding hydrogens is 360 g/mol. The lowest BCUT2D eigenvalue weighted by Gasteiger charge is -2.31. The lowest BCUT2D eigenvalue weighted by atomic mass is 10.0. The van der Waals surface area contributed by atoms with Crippen LogP contribution in [-0.2, 0) is 0 Å². The SMILES string of the molecule is COc1ccc([C@H](CNC(=O)c2ccc(Cl)cc2)N2CCCCCC2)cc1. The molecule has 27 heavy (non-hydrogen) atoms. The first-order valence-corrected chi connectivity index (χ1v) is 9.97. The van der Waals surface area contributed by atoms with Crippen LogP contribution in [0.25, 0.3) is 0 Å². The molecule has 5 heteroatoms. The third-order valence-corrected chi connectivity index (χ3v) is 5.40. The minimum absolute atomic E-state index is 0.0694. The fourth-order valence-corrected chi connectivity index (χ4v) is 3.71. The van der Waals surface area contributed by atoms with Gasteiger partial charge in [0.25, 0.3) is 5.91 Å². The van der Waals surface area contributed by atoms with E-state index in [1.54, 1.807) is 31.4 Å². The Morgan fingerprint density at radius 2 is 1.67 bits per heavy atom. The molecule has 0 unspecified atom stereocenters. The molecule has 1 aliphatic rings. The first kappa shape index (κ1) is 19.7. The van der Waals surface area contributed by atoms with E-state index < -0.39 is 0 Å². The highest BCUT2D eigenvalue weighted by molar-refractivity contribution is 6.30. The molecular formula is C22H27ClN2O2. The maximum absolute atomic E-state index is 12.6. The molecule has 0 aromatic heterocycles. The van der Waals surface area contributed by atoms with Crippen molar-refractivity contribution in [2.24, 2.45) is 0 Å². The van der Waals surface area contributed by atoms with E-state index in [2.05, 4.69) is 22.3 Å². The molecule has 0 bridgehead atoms. The van der Waals surface area contributed by atoms with E-state index in [1.807, 2.05) is 12.1 Å². The number of amides is 1. The standard InChI is InChI=1S/C22H27ClN2O2/c1-27-20-12-8-17(9-13-20)21(25-14-4-2-3-5-15-25)16-24-22(26)18-6-10-19(23)11-7-18/h6-13,21H,2-5,14-16H2,1H3,(H,24,26)/t21-/m0/s1. The van der Waals surface area contributed by atoms with Gasteiger partial charge >= 0.3 is 0 Å². The summed E-state index contributed by atoms with van der Waals surface area (Å²) in [4.78, 5) is 15.0. The van der Waals surface area contributed by atoms with Crippen molar-refractivity contribution in [3.05, 3.63) is 64.7 Å². The highest BCUT2D eigenvalue weighted by Crippen LogP contribution is 2.25. The van der Waals surface area contributed by atoms with Crippen LogP contribution in [0.3, 0.4) is 0 Å². The number of carbonyl (C=O) groups excluding carboxylic acids is 1. The second-order valence-electron chi connectivity index (χ2n) is 6.96. The number of halogens is 1. The van der Waals surface area contributed by atoms with E-state index in [0.29, 0.717) is 17.1 Å². The van der Waals surface area contributed by atoms with Crippen LogP contribution in [0.1, 0.15) is 47.6 Å². The number of likely N-dealkylation sites (tertiary alicyclic amines) is 1. The normalized spacial score (nSPS) is 16.4. The van der Waals surface area contributed by atoms with Crippen LogP contribution in [0.4, 0.5) is 0 Å². The molecule has 1 saturated heterocycles. The fraction of sp³-hybridized carbons (Fsp3) is 0.409. The molecule has 2 aromatic carbocycles. The zero-order valence-corrected chi connectivity index (χ0v) is 16.5. The van der Waals surface area contributed by atoms with Crippen LogP contribution in [0.5, 0.6) is 5.75 Å². The van der Waals surface area contributed by atoms with Crippen LogP contribution in [0.2, 0.25) is 5.02 Å². The van der Waals surface area contributed by atoms with Gasteiger partial charge in [0.1, 0.15) is 5.75 Å². The van der Waals surface area contributed by atoms with Gasteiger partial charge in [-0.2, -0.15) is 0 Å². The average Bonchev–Trinajstić information content (AvgIpc) is 2.98. The number of nitrogens with one attached hydrogen (secondary N) is 1. The summed E-state index contributed by atoms with van der Waals surface area (Å²) in [7, 11) is 1.67. The zero-order chi connectivity index (χ0) is 19.1. The Kier molecular flexibility index (Phi) is 7.13. The Balaban J connectivity index is 1.73. The van der Waals surface area contributed by atoms with Crippen LogP contribution in [0.15, 0.2) is 48.5 Å². The Bertz CT molecular complexity index is 723. The Hall–Kier alpha value is -2.04. The summed E-state index contributed by atoms with van der Waals surface area (Å²) in [5.41, 5.74) is 1.83. The third kappa shape index (κ3) is 5.47. The number of hydrogen-bond acceptors (Lipinski definition) is 3. The van der Waals surface area contributed by atoms with Crippen molar-refractivity contribution in [2.45, 2.75) is 31.7 Å². The van der Waals surface area contributed by atoms with Gasteiger partial charge in [0.05, 0.1) is 13.2 Å². The fourth-order valence-electron chi connectivity index (χ4n) is 3.58. The van der Waals surface area contributed by atoms with Crippen molar-refractivity contribution in [1.82, 2.24) is 10.2 Å². The van der Waals surface area contributed by atoms with Crippen molar-refractivity contribution < 1.29 is 9.53 Å². The molecule has 1 N–H and O–H groups in total. The summed E-state index contributed by atoms with van der Waals surface area (Å²) >= 11 is 5.92. The van der Waals surface area contributed by atoms with E-state index in [9.17, 15) is 4.79 Å². The van der Waals surface area contributed by atoms with Crippen LogP contribution >= 0.6 is 11.6 Å². The molecule has 1 heterocycles. The van der Waals surface area contributed by atoms with Gasteiger partial charge in [-0.25, -0.2) is 0 Å². The molecule has 1 amide bonds. The molecule has 144 valence electrons. The van der Waals surface area contributed by atoms with E-state index in [0.717, 1.165) is 18.8 Å². The van der Waals surface area contributed by atoms with E-state index >= 15 is 0 Å². The molecule has 0 saturated carbocycles. The van der Waals surface area contributed by atoms with Gasteiger partial charge in [-0.15, -0.1) is 0 Å². The Labute approximate surface area is 166 Å². The minimum atomic E-state index is -0.0694. The van der Waals surface area contributed by atoms with Crippen molar-refractivity contribution in [3.8, 4) is 5.75 Å². The van der Waals surface area contributed by atoms with Gasteiger partial charge in [0.15, 0.2) is 0 Å². The highest BCUT2D eigenvalue weighted by Gasteiger charge is 2.22. The summed E-state index contributed by atoms with van der Waals surface area (Å²) in [5, 5.41) is 3.74. The minimum Gasteiger partial charge on any atom is -0.497 e.